The molecule has 0 radical (unpaired) electrons. The number of fused-ring (bicyclic) bond motifs is 1. The number of hydrogen-bond donors (Lipinski definition) is 1. The van der Waals surface area contributed by atoms with Gasteiger partial charge in [-0.25, -0.2) is 17.5 Å². The van der Waals surface area contributed by atoms with E-state index in [1.165, 1.54) is 12.1 Å². The summed E-state index contributed by atoms with van der Waals surface area (Å²) in [6.45, 7) is 5.87. The minimum absolute atomic E-state index is 0.290. The number of hydrogen-bond acceptors (Lipinski definition) is 5. The van der Waals surface area contributed by atoms with Crippen LogP contribution in [0.25, 0.3) is 16.6 Å². The van der Waals surface area contributed by atoms with Crippen LogP contribution in [0.4, 0.5) is 15.8 Å². The van der Waals surface area contributed by atoms with Crippen molar-refractivity contribution in [2.24, 2.45) is 0 Å². The Labute approximate surface area is 198 Å². The van der Waals surface area contributed by atoms with E-state index in [9.17, 15) is 12.8 Å². The number of anilines is 2. The Morgan fingerprint density at radius 2 is 1.94 bits per heavy atom. The number of rotatable bonds is 7. The van der Waals surface area contributed by atoms with Gasteiger partial charge in [-0.1, -0.05) is 6.92 Å². The smallest absolute Gasteiger partial charge is 0.237 e. The SMILES string of the molecule is CCCn1cc(NS(=O)(=O)C2CCN(c3cc4cnn(-c5ccc(F)cc5)c4cc3C)C2)cn1. The van der Waals surface area contributed by atoms with Gasteiger partial charge in [-0.2, -0.15) is 10.2 Å². The lowest BCUT2D eigenvalue weighted by molar-refractivity contribution is 0.588. The first-order valence-corrected chi connectivity index (χ1v) is 12.9. The molecule has 1 fully saturated rings. The standard InChI is InChI=1S/C24H27FN6O2S/c1-3-9-30-15-20(14-26-30)28-34(32,33)22-8-10-29(16-22)23-12-18-13-27-31(24(18)11-17(23)2)21-6-4-19(25)5-7-21/h4-7,11-15,22,28H,3,8-10,16H2,1-2H3. The molecule has 2 aromatic heterocycles. The number of halogens is 1. The maximum Gasteiger partial charge on any atom is 0.237 e. The van der Waals surface area contributed by atoms with Crippen molar-refractivity contribution in [3.63, 3.8) is 0 Å². The van der Waals surface area contributed by atoms with Crippen molar-refractivity contribution in [2.75, 3.05) is 22.7 Å². The molecule has 0 amide bonds. The van der Waals surface area contributed by atoms with Crippen LogP contribution in [0.3, 0.4) is 0 Å². The van der Waals surface area contributed by atoms with Crippen molar-refractivity contribution in [3.05, 3.63) is 66.4 Å². The summed E-state index contributed by atoms with van der Waals surface area (Å²) in [5.74, 6) is -0.290. The van der Waals surface area contributed by atoms with Crippen LogP contribution in [-0.4, -0.2) is 46.3 Å². The Bertz CT molecular complexity index is 1430. The zero-order chi connectivity index (χ0) is 23.9. The molecule has 0 bridgehead atoms. The molecule has 0 aliphatic carbocycles. The molecule has 10 heteroatoms. The normalized spacial score (nSPS) is 16.4. The molecule has 1 aliphatic rings. The minimum Gasteiger partial charge on any atom is -0.370 e. The topological polar surface area (TPSA) is 85.0 Å². The summed E-state index contributed by atoms with van der Waals surface area (Å²) >= 11 is 0. The third-order valence-electron chi connectivity index (χ3n) is 6.23. The third-order valence-corrected chi connectivity index (χ3v) is 8.01. The van der Waals surface area contributed by atoms with Crippen LogP contribution in [0.15, 0.2) is 55.0 Å². The van der Waals surface area contributed by atoms with Gasteiger partial charge in [0.2, 0.25) is 10.0 Å². The second-order valence-electron chi connectivity index (χ2n) is 8.73. The van der Waals surface area contributed by atoms with Crippen molar-refractivity contribution in [3.8, 4) is 5.69 Å². The van der Waals surface area contributed by atoms with Crippen LogP contribution in [0, 0.1) is 12.7 Å². The molecule has 2 aromatic carbocycles. The molecule has 5 rings (SSSR count). The van der Waals surface area contributed by atoms with E-state index in [1.807, 2.05) is 19.9 Å². The van der Waals surface area contributed by atoms with Gasteiger partial charge in [0, 0.05) is 36.9 Å². The first-order valence-electron chi connectivity index (χ1n) is 11.4. The highest BCUT2D eigenvalue weighted by molar-refractivity contribution is 7.93. The van der Waals surface area contributed by atoms with Crippen LogP contribution in [0.2, 0.25) is 0 Å². The molecule has 0 saturated carbocycles. The third kappa shape index (κ3) is 4.25. The molecule has 1 saturated heterocycles. The maximum absolute atomic E-state index is 13.3. The van der Waals surface area contributed by atoms with E-state index in [4.69, 9.17) is 0 Å². The highest BCUT2D eigenvalue weighted by Gasteiger charge is 2.34. The lowest BCUT2D eigenvalue weighted by Gasteiger charge is -2.21. The highest BCUT2D eigenvalue weighted by Crippen LogP contribution is 2.32. The van der Waals surface area contributed by atoms with E-state index in [1.54, 1.807) is 40.1 Å². The van der Waals surface area contributed by atoms with E-state index >= 15 is 0 Å². The lowest BCUT2D eigenvalue weighted by Crippen LogP contribution is -2.31. The fourth-order valence-corrected chi connectivity index (χ4v) is 5.90. The predicted molar refractivity (Wildman–Crippen MR) is 131 cm³/mol. The van der Waals surface area contributed by atoms with Gasteiger partial charge < -0.3 is 4.90 Å². The van der Waals surface area contributed by atoms with Gasteiger partial charge in [-0.15, -0.1) is 0 Å². The molecule has 3 heterocycles. The first-order chi connectivity index (χ1) is 16.3. The monoisotopic (exact) mass is 482 g/mol. The average Bonchev–Trinajstić information content (AvgIpc) is 3.54. The average molecular weight is 483 g/mol. The van der Waals surface area contributed by atoms with Crippen molar-refractivity contribution in [2.45, 2.75) is 38.5 Å². The van der Waals surface area contributed by atoms with Crippen LogP contribution in [0.1, 0.15) is 25.3 Å². The number of sulfonamides is 1. The van der Waals surface area contributed by atoms with E-state index in [2.05, 4.69) is 25.9 Å². The van der Waals surface area contributed by atoms with Crippen molar-refractivity contribution >= 4 is 32.3 Å². The highest BCUT2D eigenvalue weighted by atomic mass is 32.2. The van der Waals surface area contributed by atoms with Crippen molar-refractivity contribution in [1.82, 2.24) is 19.6 Å². The molecule has 1 unspecified atom stereocenters. The molecule has 4 aromatic rings. The summed E-state index contributed by atoms with van der Waals surface area (Å²) in [7, 11) is -3.54. The predicted octanol–water partition coefficient (Wildman–Crippen LogP) is 4.10. The summed E-state index contributed by atoms with van der Waals surface area (Å²) in [6, 6.07) is 10.3. The minimum atomic E-state index is -3.54. The number of benzene rings is 2. The van der Waals surface area contributed by atoms with Gasteiger partial charge in [0.1, 0.15) is 5.82 Å². The zero-order valence-electron chi connectivity index (χ0n) is 19.1. The molecule has 178 valence electrons. The van der Waals surface area contributed by atoms with E-state index < -0.39 is 15.3 Å². The molecule has 1 N–H and O–H groups in total. The van der Waals surface area contributed by atoms with Gasteiger partial charge in [0.25, 0.3) is 0 Å². The summed E-state index contributed by atoms with van der Waals surface area (Å²) < 4.78 is 45.6. The first kappa shape index (κ1) is 22.4. The Morgan fingerprint density at radius 3 is 2.71 bits per heavy atom. The molecular weight excluding hydrogens is 455 g/mol. The quantitative estimate of drug-likeness (QED) is 0.429. The zero-order valence-corrected chi connectivity index (χ0v) is 20.0. The maximum atomic E-state index is 13.3. The van der Waals surface area contributed by atoms with Crippen LogP contribution >= 0.6 is 0 Å². The second kappa shape index (κ2) is 8.75. The van der Waals surface area contributed by atoms with Crippen molar-refractivity contribution < 1.29 is 12.8 Å². The van der Waals surface area contributed by atoms with E-state index in [-0.39, 0.29) is 5.82 Å². The molecule has 1 atom stereocenters. The lowest BCUT2D eigenvalue weighted by atomic mass is 10.1. The fraction of sp³-hybridized carbons (Fsp3) is 0.333. The van der Waals surface area contributed by atoms with Gasteiger partial charge in [0.15, 0.2) is 0 Å². The Balaban J connectivity index is 1.35. The van der Waals surface area contributed by atoms with Gasteiger partial charge in [-0.3, -0.25) is 9.40 Å². The Hall–Kier alpha value is -3.40. The number of aromatic nitrogens is 4. The van der Waals surface area contributed by atoms with Gasteiger partial charge >= 0.3 is 0 Å². The van der Waals surface area contributed by atoms with E-state index in [0.717, 1.165) is 40.8 Å². The Morgan fingerprint density at radius 1 is 1.15 bits per heavy atom. The van der Waals surface area contributed by atoms with Crippen LogP contribution in [0.5, 0.6) is 0 Å². The van der Waals surface area contributed by atoms with Crippen LogP contribution < -0.4 is 9.62 Å². The largest absolute Gasteiger partial charge is 0.370 e. The second-order valence-corrected chi connectivity index (χ2v) is 10.7. The molecule has 34 heavy (non-hydrogen) atoms. The molecule has 1 aliphatic heterocycles. The van der Waals surface area contributed by atoms with Gasteiger partial charge in [0.05, 0.1) is 34.5 Å². The summed E-state index contributed by atoms with van der Waals surface area (Å²) in [5, 5.41) is 9.11. The van der Waals surface area contributed by atoms with Crippen molar-refractivity contribution in [1.29, 1.82) is 0 Å². The molecular formula is C24H27FN6O2S. The van der Waals surface area contributed by atoms with E-state index in [0.29, 0.717) is 25.2 Å². The number of aryl methyl sites for hydroxylation is 2. The number of nitrogens with one attached hydrogen (secondary N) is 1. The fourth-order valence-electron chi connectivity index (χ4n) is 4.51. The molecule has 0 spiro atoms. The van der Waals surface area contributed by atoms with Gasteiger partial charge in [-0.05, 0) is 61.7 Å². The summed E-state index contributed by atoms with van der Waals surface area (Å²) in [4.78, 5) is 2.12. The Kier molecular flexibility index (Phi) is 5.76. The number of nitrogens with zero attached hydrogens (tertiary/aromatic N) is 5. The van der Waals surface area contributed by atoms with Crippen LogP contribution in [-0.2, 0) is 16.6 Å². The summed E-state index contributed by atoms with van der Waals surface area (Å²) in [6.07, 6.45) is 6.53. The molecule has 8 nitrogen and oxygen atoms in total. The summed E-state index contributed by atoms with van der Waals surface area (Å²) in [5.41, 5.74) is 4.23.